The summed E-state index contributed by atoms with van der Waals surface area (Å²) in [6, 6.07) is 26.1. The first-order valence-corrected chi connectivity index (χ1v) is 17.9. The molecule has 4 aromatic carbocycles. The van der Waals surface area contributed by atoms with E-state index in [-0.39, 0.29) is 5.95 Å². The Morgan fingerprint density at radius 2 is 1.44 bits per heavy atom. The normalized spacial score (nSPS) is 14.0. The number of methoxy groups -OCH3 is 2. The minimum atomic E-state index is 0.220. The minimum Gasteiger partial charge on any atom is -0.494 e. The predicted molar refractivity (Wildman–Crippen MR) is 206 cm³/mol. The smallest absolute Gasteiger partial charge is 0.231 e. The fourth-order valence-electron chi connectivity index (χ4n) is 7.64. The van der Waals surface area contributed by atoms with E-state index in [1.54, 1.807) is 23.3 Å². The van der Waals surface area contributed by atoms with Crippen LogP contribution in [0.1, 0.15) is 23.6 Å². The Balaban J connectivity index is 1.07. The maximum absolute atomic E-state index is 6.48. The number of aryl methyl sites for hydroxylation is 1. The first kappa shape index (κ1) is 31.8. The van der Waals surface area contributed by atoms with E-state index in [1.807, 2.05) is 48.5 Å². The zero-order chi connectivity index (χ0) is 36.3. The van der Waals surface area contributed by atoms with Crippen LogP contribution in [0, 0.1) is 0 Å². The molecule has 0 saturated heterocycles. The number of rotatable bonds is 8. The lowest BCUT2D eigenvalue weighted by molar-refractivity contribution is 0.306. The van der Waals surface area contributed by atoms with E-state index in [1.165, 1.54) is 11.3 Å². The Labute approximate surface area is 308 Å². The Bertz CT molecular complexity index is 2740. The maximum atomic E-state index is 6.48. The van der Waals surface area contributed by atoms with E-state index in [0.717, 1.165) is 36.2 Å². The standard InChI is InChI=1S/C39H36N12O3/c1-52-30-15-7-11-25-34(30)45-39(51-36(25)42-33(47-51)22-49-17-18-54-29-14-6-5-13-28(29)49)41-24-19-26-35(31(20-24)53-2)44-38(40)50-37(26)43-32(46-50)21-48-16-8-10-23-9-3-4-12-27(23)48/h3-7,9,11-15,19-20H,8,10,16-18,21-22H2,1-2H3,(H2,40,44)(H,41,45). The van der Waals surface area contributed by atoms with Crippen LogP contribution in [0.5, 0.6) is 17.2 Å². The van der Waals surface area contributed by atoms with Crippen LogP contribution < -0.4 is 35.1 Å². The highest BCUT2D eigenvalue weighted by atomic mass is 16.5. The molecule has 54 heavy (non-hydrogen) atoms. The third kappa shape index (κ3) is 5.26. The van der Waals surface area contributed by atoms with Crippen molar-refractivity contribution in [3.8, 4) is 17.2 Å². The number of nitrogens with zero attached hydrogens (tertiary/aromatic N) is 10. The van der Waals surface area contributed by atoms with E-state index in [9.17, 15) is 0 Å². The summed E-state index contributed by atoms with van der Waals surface area (Å²) in [7, 11) is 3.24. The summed E-state index contributed by atoms with van der Waals surface area (Å²) in [6.45, 7) is 3.24. The second kappa shape index (κ2) is 12.6. The van der Waals surface area contributed by atoms with E-state index in [0.29, 0.717) is 88.7 Å². The van der Waals surface area contributed by atoms with Crippen LogP contribution in [0.2, 0.25) is 0 Å². The van der Waals surface area contributed by atoms with Gasteiger partial charge in [-0.2, -0.15) is 9.03 Å². The summed E-state index contributed by atoms with van der Waals surface area (Å²) >= 11 is 0. The van der Waals surface area contributed by atoms with Crippen molar-refractivity contribution in [1.82, 2.24) is 39.2 Å². The second-order valence-electron chi connectivity index (χ2n) is 13.4. The van der Waals surface area contributed by atoms with Gasteiger partial charge >= 0.3 is 0 Å². The number of benzene rings is 4. The van der Waals surface area contributed by atoms with Crippen LogP contribution in [0.15, 0.2) is 78.9 Å². The highest BCUT2D eigenvalue weighted by Crippen LogP contribution is 2.36. The summed E-state index contributed by atoms with van der Waals surface area (Å²) in [4.78, 5) is 24.4. The molecule has 0 unspecified atom stereocenters. The molecule has 0 aliphatic carbocycles. The molecule has 0 saturated carbocycles. The molecule has 15 heteroatoms. The molecule has 0 amide bonds. The molecule has 270 valence electrons. The number of hydrogen-bond donors (Lipinski definition) is 2. The van der Waals surface area contributed by atoms with Crippen molar-refractivity contribution in [3.05, 3.63) is 96.1 Å². The molecular weight excluding hydrogens is 685 g/mol. The van der Waals surface area contributed by atoms with Crippen LogP contribution >= 0.6 is 0 Å². The number of nitrogen functional groups attached to an aromatic ring is 1. The SMILES string of the molecule is COc1cc(Nc2nc3c(OC)cccc3c3nc(CN4CCOc5ccccc54)nn23)cc2c1nc(N)n1nc(CN3CCCc4ccccc43)nc21. The van der Waals surface area contributed by atoms with Gasteiger partial charge in [-0.05, 0) is 54.8 Å². The highest BCUT2D eigenvalue weighted by molar-refractivity contribution is 5.99. The lowest BCUT2D eigenvalue weighted by Crippen LogP contribution is -2.32. The molecule has 2 aliphatic heterocycles. The zero-order valence-electron chi connectivity index (χ0n) is 29.7. The monoisotopic (exact) mass is 720 g/mol. The predicted octanol–water partition coefficient (Wildman–Crippen LogP) is 5.56. The van der Waals surface area contributed by atoms with E-state index in [2.05, 4.69) is 45.4 Å². The van der Waals surface area contributed by atoms with Crippen molar-refractivity contribution in [2.45, 2.75) is 25.9 Å². The molecule has 0 spiro atoms. The van der Waals surface area contributed by atoms with Gasteiger partial charge in [0, 0.05) is 29.4 Å². The van der Waals surface area contributed by atoms with Gasteiger partial charge in [0.15, 0.2) is 22.9 Å². The van der Waals surface area contributed by atoms with Crippen molar-refractivity contribution in [2.24, 2.45) is 0 Å². The minimum absolute atomic E-state index is 0.220. The molecule has 3 N–H and O–H groups in total. The lowest BCUT2D eigenvalue weighted by Gasteiger charge is -2.30. The van der Waals surface area contributed by atoms with Gasteiger partial charge in [-0.15, -0.1) is 10.2 Å². The van der Waals surface area contributed by atoms with Crippen LogP contribution in [0.25, 0.3) is 33.1 Å². The van der Waals surface area contributed by atoms with Crippen LogP contribution in [-0.4, -0.2) is 73.1 Å². The summed E-state index contributed by atoms with van der Waals surface area (Å²) in [5.41, 5.74) is 13.1. The van der Waals surface area contributed by atoms with E-state index in [4.69, 9.17) is 50.1 Å². The quantitative estimate of drug-likeness (QED) is 0.201. The first-order valence-electron chi connectivity index (χ1n) is 17.9. The van der Waals surface area contributed by atoms with Crippen LogP contribution in [0.4, 0.5) is 29.0 Å². The first-order chi connectivity index (χ1) is 26.5. The molecule has 15 nitrogen and oxygen atoms in total. The van der Waals surface area contributed by atoms with Gasteiger partial charge in [0.25, 0.3) is 0 Å². The number of aromatic nitrogens is 8. The number of nitrogens with two attached hydrogens (primary N) is 1. The number of para-hydroxylation sites is 4. The van der Waals surface area contributed by atoms with E-state index >= 15 is 0 Å². The number of fused-ring (bicyclic) bond motifs is 8. The molecule has 0 bridgehead atoms. The zero-order valence-corrected chi connectivity index (χ0v) is 29.7. The maximum Gasteiger partial charge on any atom is 0.231 e. The van der Waals surface area contributed by atoms with Crippen molar-refractivity contribution < 1.29 is 14.2 Å². The number of anilines is 5. The fraction of sp³-hybridized carbons (Fsp3) is 0.231. The molecule has 10 rings (SSSR count). The fourth-order valence-corrected chi connectivity index (χ4v) is 7.64. The molecule has 0 atom stereocenters. The van der Waals surface area contributed by atoms with Gasteiger partial charge in [0.05, 0.1) is 44.9 Å². The van der Waals surface area contributed by atoms with Crippen molar-refractivity contribution >= 4 is 62.1 Å². The number of ether oxygens (including phenoxy) is 3. The third-order valence-corrected chi connectivity index (χ3v) is 10.1. The molecule has 2 aliphatic rings. The van der Waals surface area contributed by atoms with Gasteiger partial charge in [-0.1, -0.05) is 36.4 Å². The molecule has 6 heterocycles. The van der Waals surface area contributed by atoms with Gasteiger partial charge in [-0.25, -0.2) is 19.9 Å². The van der Waals surface area contributed by atoms with Crippen molar-refractivity contribution in [2.75, 3.05) is 54.8 Å². The number of nitrogens with one attached hydrogen (secondary N) is 1. The lowest BCUT2D eigenvalue weighted by atomic mass is 10.0. The molecule has 0 radical (unpaired) electrons. The Kier molecular flexibility index (Phi) is 7.45. The van der Waals surface area contributed by atoms with Crippen molar-refractivity contribution in [1.29, 1.82) is 0 Å². The molecular formula is C39H36N12O3. The molecule has 0 fully saturated rings. The summed E-state index contributed by atoms with van der Waals surface area (Å²) < 4.78 is 20.9. The van der Waals surface area contributed by atoms with Crippen LogP contribution in [0.3, 0.4) is 0 Å². The van der Waals surface area contributed by atoms with Gasteiger partial charge in [0.1, 0.15) is 34.9 Å². The van der Waals surface area contributed by atoms with E-state index < -0.39 is 0 Å². The Morgan fingerprint density at radius 3 is 2.28 bits per heavy atom. The Hall–Kier alpha value is -6.90. The number of hydrogen-bond acceptors (Lipinski definition) is 13. The average molecular weight is 721 g/mol. The second-order valence-corrected chi connectivity index (χ2v) is 13.4. The molecule has 4 aromatic heterocycles. The summed E-state index contributed by atoms with van der Waals surface area (Å²) in [6.07, 6.45) is 2.13. The van der Waals surface area contributed by atoms with Gasteiger partial charge in [0.2, 0.25) is 11.9 Å². The topological polar surface area (TPSA) is 158 Å². The van der Waals surface area contributed by atoms with Crippen LogP contribution in [-0.2, 0) is 19.5 Å². The third-order valence-electron chi connectivity index (χ3n) is 10.1. The Morgan fingerprint density at radius 1 is 0.722 bits per heavy atom. The summed E-state index contributed by atoms with van der Waals surface area (Å²) in [5, 5.41) is 14.8. The van der Waals surface area contributed by atoms with Gasteiger partial charge < -0.3 is 35.1 Å². The average Bonchev–Trinajstić information content (AvgIpc) is 3.84. The van der Waals surface area contributed by atoms with Gasteiger partial charge in [-0.3, -0.25) is 0 Å². The highest BCUT2D eigenvalue weighted by Gasteiger charge is 2.24. The molecule has 8 aromatic rings. The van der Waals surface area contributed by atoms with Crippen molar-refractivity contribution in [3.63, 3.8) is 0 Å². The summed E-state index contributed by atoms with van der Waals surface area (Å²) in [5.74, 6) is 3.92. The largest absolute Gasteiger partial charge is 0.494 e.